The Balaban J connectivity index is 2.17. The zero-order chi connectivity index (χ0) is 17.8. The maximum Gasteiger partial charge on any atom is 0.355 e. The second-order valence-electron chi connectivity index (χ2n) is 6.19. The van der Waals surface area contributed by atoms with Crippen LogP contribution in [0.1, 0.15) is 30.5 Å². The highest BCUT2D eigenvalue weighted by Crippen LogP contribution is 2.65. The Hall–Kier alpha value is -1.45. The van der Waals surface area contributed by atoms with Crippen molar-refractivity contribution in [2.75, 3.05) is 19.8 Å². The van der Waals surface area contributed by atoms with E-state index < -0.39 is 12.9 Å². The van der Waals surface area contributed by atoms with E-state index in [1.165, 1.54) is 5.56 Å². The first-order valence-corrected chi connectivity index (χ1v) is 10.5. The van der Waals surface area contributed by atoms with Gasteiger partial charge < -0.3 is 9.05 Å². The summed E-state index contributed by atoms with van der Waals surface area (Å²) >= 11 is 0. The molecule has 0 bridgehead atoms. The van der Waals surface area contributed by atoms with Gasteiger partial charge in [0.05, 0.1) is 13.2 Å². The molecule has 0 spiro atoms. The lowest BCUT2D eigenvalue weighted by atomic mass is 9.89. The van der Waals surface area contributed by atoms with Crippen LogP contribution < -0.4 is 5.32 Å². The zero-order valence-electron chi connectivity index (χ0n) is 14.9. The summed E-state index contributed by atoms with van der Waals surface area (Å²) in [5.74, 6) is 0. The Morgan fingerprint density at radius 1 is 1.00 bits per heavy atom. The van der Waals surface area contributed by atoms with Gasteiger partial charge in [-0.05, 0) is 37.0 Å². The molecule has 2 aromatic rings. The number of fused-ring (bicyclic) bond motifs is 1. The third kappa shape index (κ3) is 3.45. The van der Waals surface area contributed by atoms with Gasteiger partial charge in [0.2, 0.25) is 0 Å². The van der Waals surface area contributed by atoms with Crippen LogP contribution in [0.25, 0.3) is 0 Å². The van der Waals surface area contributed by atoms with E-state index in [0.29, 0.717) is 19.6 Å². The SMILES string of the molecule is CCOP(=O)(OCC)C1(Cc2ccccc2)NCCc2ccccc21. The van der Waals surface area contributed by atoms with Gasteiger partial charge in [-0.2, -0.15) is 0 Å². The first kappa shape index (κ1) is 18.3. The highest BCUT2D eigenvalue weighted by atomic mass is 31.2. The summed E-state index contributed by atoms with van der Waals surface area (Å²) < 4.78 is 25.6. The highest BCUT2D eigenvalue weighted by Gasteiger charge is 2.54. The predicted octanol–water partition coefficient (Wildman–Crippen LogP) is 4.49. The van der Waals surface area contributed by atoms with Crippen molar-refractivity contribution in [2.24, 2.45) is 0 Å². The van der Waals surface area contributed by atoms with Gasteiger partial charge in [0, 0.05) is 13.0 Å². The summed E-state index contributed by atoms with van der Waals surface area (Å²) in [6.07, 6.45) is 1.47. The van der Waals surface area contributed by atoms with Crippen LogP contribution in [-0.4, -0.2) is 19.8 Å². The molecule has 3 rings (SSSR count). The van der Waals surface area contributed by atoms with Gasteiger partial charge in [-0.25, -0.2) is 0 Å². The maximum atomic E-state index is 14.0. The van der Waals surface area contributed by atoms with Crippen LogP contribution >= 0.6 is 7.60 Å². The molecule has 0 fully saturated rings. The van der Waals surface area contributed by atoms with Crippen molar-refractivity contribution in [1.82, 2.24) is 5.32 Å². The molecule has 5 heteroatoms. The van der Waals surface area contributed by atoms with Crippen molar-refractivity contribution in [3.63, 3.8) is 0 Å². The van der Waals surface area contributed by atoms with Crippen LogP contribution in [0, 0.1) is 0 Å². The fraction of sp³-hybridized carbons (Fsp3) is 0.400. The van der Waals surface area contributed by atoms with Crippen LogP contribution in [-0.2, 0) is 31.7 Å². The minimum absolute atomic E-state index is 0.345. The van der Waals surface area contributed by atoms with E-state index in [1.807, 2.05) is 44.2 Å². The van der Waals surface area contributed by atoms with Crippen molar-refractivity contribution in [1.29, 1.82) is 0 Å². The lowest BCUT2D eigenvalue weighted by Gasteiger charge is -2.43. The number of rotatable bonds is 7. The zero-order valence-corrected chi connectivity index (χ0v) is 15.8. The predicted molar refractivity (Wildman–Crippen MR) is 101 cm³/mol. The lowest BCUT2D eigenvalue weighted by molar-refractivity contribution is 0.181. The second-order valence-corrected chi connectivity index (χ2v) is 8.46. The van der Waals surface area contributed by atoms with Crippen LogP contribution in [0.3, 0.4) is 0 Å². The summed E-state index contributed by atoms with van der Waals surface area (Å²) in [5, 5.41) is 2.67. The molecule has 134 valence electrons. The van der Waals surface area contributed by atoms with Crippen LogP contribution in [0.15, 0.2) is 54.6 Å². The Morgan fingerprint density at radius 3 is 2.32 bits per heavy atom. The third-order valence-electron chi connectivity index (χ3n) is 4.64. The molecule has 0 saturated carbocycles. The molecule has 0 aliphatic carbocycles. The summed E-state index contributed by atoms with van der Waals surface area (Å²) in [5.41, 5.74) is 3.33. The van der Waals surface area contributed by atoms with Gasteiger partial charge in [-0.15, -0.1) is 0 Å². The third-order valence-corrected chi connectivity index (χ3v) is 7.33. The molecule has 0 radical (unpaired) electrons. The van der Waals surface area contributed by atoms with E-state index >= 15 is 0 Å². The first-order chi connectivity index (χ1) is 12.1. The van der Waals surface area contributed by atoms with Gasteiger partial charge in [0.1, 0.15) is 0 Å². The normalized spacial score (nSPS) is 20.2. The number of nitrogens with one attached hydrogen (secondary N) is 1. The Morgan fingerprint density at radius 2 is 1.64 bits per heavy atom. The summed E-state index contributed by atoms with van der Waals surface area (Å²) in [4.78, 5) is 0. The van der Waals surface area contributed by atoms with Gasteiger partial charge in [-0.1, -0.05) is 54.6 Å². The van der Waals surface area contributed by atoms with Crippen molar-refractivity contribution in [3.8, 4) is 0 Å². The van der Waals surface area contributed by atoms with Crippen molar-refractivity contribution in [3.05, 3.63) is 71.3 Å². The quantitative estimate of drug-likeness (QED) is 0.740. The fourth-order valence-corrected chi connectivity index (χ4v) is 6.02. The largest absolute Gasteiger partial charge is 0.355 e. The van der Waals surface area contributed by atoms with Crippen molar-refractivity contribution >= 4 is 7.60 Å². The number of hydrogen-bond donors (Lipinski definition) is 1. The van der Waals surface area contributed by atoms with E-state index in [0.717, 1.165) is 24.1 Å². The molecule has 1 unspecified atom stereocenters. The maximum absolute atomic E-state index is 14.0. The lowest BCUT2D eigenvalue weighted by Crippen LogP contribution is -2.49. The van der Waals surface area contributed by atoms with Crippen LogP contribution in [0.2, 0.25) is 0 Å². The van der Waals surface area contributed by atoms with Gasteiger partial charge in [0.15, 0.2) is 5.28 Å². The monoisotopic (exact) mass is 359 g/mol. The standard InChI is InChI=1S/C20H26NO3P/c1-3-23-25(22,24-4-2)20(16-17-10-6-5-7-11-17)19-13-9-8-12-18(19)14-15-21-20/h5-13,21H,3-4,14-16H2,1-2H3. The molecule has 1 atom stereocenters. The molecule has 1 aliphatic rings. The van der Waals surface area contributed by atoms with E-state index in [1.54, 1.807) is 0 Å². The van der Waals surface area contributed by atoms with Crippen molar-refractivity contribution in [2.45, 2.75) is 32.0 Å². The molecular formula is C20H26NO3P. The summed E-state index contributed by atoms with van der Waals surface area (Å²) in [6, 6.07) is 18.3. The Kier molecular flexibility index (Phi) is 5.75. The number of hydrogen-bond acceptors (Lipinski definition) is 4. The van der Waals surface area contributed by atoms with E-state index in [9.17, 15) is 4.57 Å². The first-order valence-electron chi connectivity index (χ1n) is 8.92. The minimum atomic E-state index is -3.43. The molecule has 1 aliphatic heterocycles. The smallest absolute Gasteiger partial charge is 0.307 e. The average molecular weight is 359 g/mol. The number of benzene rings is 2. The Labute approximate surface area is 150 Å². The van der Waals surface area contributed by atoms with Crippen LogP contribution in [0.4, 0.5) is 0 Å². The molecule has 1 heterocycles. The topological polar surface area (TPSA) is 47.6 Å². The molecular weight excluding hydrogens is 333 g/mol. The van der Waals surface area contributed by atoms with E-state index in [-0.39, 0.29) is 0 Å². The molecule has 0 aromatic heterocycles. The van der Waals surface area contributed by atoms with Crippen LogP contribution in [0.5, 0.6) is 0 Å². The molecule has 0 saturated heterocycles. The molecule has 1 N–H and O–H groups in total. The average Bonchev–Trinajstić information content (AvgIpc) is 2.63. The fourth-order valence-electron chi connectivity index (χ4n) is 3.63. The van der Waals surface area contributed by atoms with Gasteiger partial charge in [0.25, 0.3) is 0 Å². The van der Waals surface area contributed by atoms with E-state index in [4.69, 9.17) is 9.05 Å². The molecule has 2 aromatic carbocycles. The summed E-state index contributed by atoms with van der Waals surface area (Å²) in [6.45, 7) is 5.15. The Bertz CT molecular complexity index is 740. The highest BCUT2D eigenvalue weighted by molar-refractivity contribution is 7.55. The second kappa shape index (κ2) is 7.84. The van der Waals surface area contributed by atoms with Gasteiger partial charge >= 0.3 is 7.60 Å². The van der Waals surface area contributed by atoms with Crippen molar-refractivity contribution < 1.29 is 13.6 Å². The molecule has 0 amide bonds. The minimum Gasteiger partial charge on any atom is -0.307 e. The molecule has 25 heavy (non-hydrogen) atoms. The van der Waals surface area contributed by atoms with Gasteiger partial charge in [-0.3, -0.25) is 9.88 Å². The summed E-state index contributed by atoms with van der Waals surface area (Å²) in [7, 11) is -3.43. The molecule has 4 nitrogen and oxygen atoms in total. The van der Waals surface area contributed by atoms with E-state index in [2.05, 4.69) is 29.6 Å².